The standard InChI is InChI=1S/C15H23N3O2S/c1-18(9-5-11-20-2)10-8-14(19)17-13-7-4-3-6-12(13)15(16)21/h3-4,6-7H,5,8-11H2,1-2H3,(H2,16,21)(H,17,19). The second-order valence-electron chi connectivity index (χ2n) is 4.86. The molecule has 0 aliphatic heterocycles. The number of benzene rings is 1. The lowest BCUT2D eigenvalue weighted by molar-refractivity contribution is -0.116. The summed E-state index contributed by atoms with van der Waals surface area (Å²) in [7, 11) is 3.68. The van der Waals surface area contributed by atoms with E-state index in [0.717, 1.165) is 19.6 Å². The average Bonchev–Trinajstić information content (AvgIpc) is 2.46. The molecule has 0 spiro atoms. The Balaban J connectivity index is 2.42. The summed E-state index contributed by atoms with van der Waals surface area (Å²) >= 11 is 4.97. The normalized spacial score (nSPS) is 10.6. The number of nitrogens with one attached hydrogen (secondary N) is 1. The highest BCUT2D eigenvalue weighted by molar-refractivity contribution is 7.80. The maximum Gasteiger partial charge on any atom is 0.225 e. The Bertz CT molecular complexity index is 480. The number of ether oxygens (including phenoxy) is 1. The number of hydrogen-bond acceptors (Lipinski definition) is 4. The van der Waals surface area contributed by atoms with Gasteiger partial charge in [-0.1, -0.05) is 24.4 Å². The Kier molecular flexibility index (Phi) is 7.89. The van der Waals surface area contributed by atoms with Crippen LogP contribution in [0.15, 0.2) is 24.3 Å². The van der Waals surface area contributed by atoms with E-state index in [1.807, 2.05) is 19.2 Å². The van der Waals surface area contributed by atoms with Crippen molar-refractivity contribution in [3.8, 4) is 0 Å². The monoisotopic (exact) mass is 309 g/mol. The van der Waals surface area contributed by atoms with E-state index >= 15 is 0 Å². The Hall–Kier alpha value is -1.50. The molecule has 0 radical (unpaired) electrons. The van der Waals surface area contributed by atoms with E-state index in [-0.39, 0.29) is 10.9 Å². The fraction of sp³-hybridized carbons (Fsp3) is 0.467. The molecular weight excluding hydrogens is 286 g/mol. The van der Waals surface area contributed by atoms with Crippen molar-refractivity contribution in [1.82, 2.24) is 4.90 Å². The van der Waals surface area contributed by atoms with Crippen molar-refractivity contribution in [1.29, 1.82) is 0 Å². The molecule has 5 nitrogen and oxygen atoms in total. The predicted octanol–water partition coefficient (Wildman–Crippen LogP) is 1.62. The number of nitrogens with two attached hydrogens (primary N) is 1. The Morgan fingerprint density at radius 1 is 1.38 bits per heavy atom. The van der Waals surface area contributed by atoms with Gasteiger partial charge in [0.15, 0.2) is 0 Å². The molecule has 0 saturated heterocycles. The first-order valence-corrected chi connectivity index (χ1v) is 7.31. The number of amides is 1. The van der Waals surface area contributed by atoms with Crippen LogP contribution < -0.4 is 11.1 Å². The number of anilines is 1. The van der Waals surface area contributed by atoms with Gasteiger partial charge in [0.25, 0.3) is 0 Å². The first kappa shape index (κ1) is 17.6. The van der Waals surface area contributed by atoms with Gasteiger partial charge in [-0.05, 0) is 25.6 Å². The summed E-state index contributed by atoms with van der Waals surface area (Å²) in [6.07, 6.45) is 1.38. The molecule has 116 valence electrons. The second kappa shape index (κ2) is 9.44. The van der Waals surface area contributed by atoms with Crippen LogP contribution in [0.4, 0.5) is 5.69 Å². The van der Waals surface area contributed by atoms with E-state index < -0.39 is 0 Å². The van der Waals surface area contributed by atoms with Crippen molar-refractivity contribution in [3.05, 3.63) is 29.8 Å². The zero-order valence-electron chi connectivity index (χ0n) is 12.6. The zero-order chi connectivity index (χ0) is 15.7. The first-order valence-electron chi connectivity index (χ1n) is 6.90. The van der Waals surface area contributed by atoms with Crippen LogP contribution in [0.25, 0.3) is 0 Å². The molecule has 21 heavy (non-hydrogen) atoms. The molecule has 3 N–H and O–H groups in total. The lowest BCUT2D eigenvalue weighted by Gasteiger charge is -2.16. The van der Waals surface area contributed by atoms with E-state index in [1.54, 1.807) is 19.2 Å². The van der Waals surface area contributed by atoms with Crippen molar-refractivity contribution in [2.24, 2.45) is 5.73 Å². The zero-order valence-corrected chi connectivity index (χ0v) is 13.4. The van der Waals surface area contributed by atoms with Gasteiger partial charge in [0.05, 0.1) is 5.69 Å². The summed E-state index contributed by atoms with van der Waals surface area (Å²) in [5.41, 5.74) is 6.99. The highest BCUT2D eigenvalue weighted by atomic mass is 32.1. The van der Waals surface area contributed by atoms with E-state index in [1.165, 1.54) is 0 Å². The molecule has 0 atom stereocenters. The van der Waals surface area contributed by atoms with Crippen LogP contribution in [0, 0.1) is 0 Å². The summed E-state index contributed by atoms with van der Waals surface area (Å²) in [6, 6.07) is 7.28. The molecule has 1 amide bonds. The van der Waals surface area contributed by atoms with E-state index in [4.69, 9.17) is 22.7 Å². The molecule has 0 heterocycles. The number of hydrogen-bond donors (Lipinski definition) is 2. The molecule has 0 aromatic heterocycles. The SMILES string of the molecule is COCCCN(C)CCC(=O)Nc1ccccc1C(N)=S. The third-order valence-corrected chi connectivity index (χ3v) is 3.30. The molecule has 0 aliphatic carbocycles. The van der Waals surface area contributed by atoms with Crippen molar-refractivity contribution in [2.75, 3.05) is 39.2 Å². The third kappa shape index (κ3) is 6.66. The van der Waals surface area contributed by atoms with Gasteiger partial charge in [-0.25, -0.2) is 0 Å². The van der Waals surface area contributed by atoms with Gasteiger partial charge in [-0.15, -0.1) is 0 Å². The molecule has 1 rings (SSSR count). The summed E-state index contributed by atoms with van der Waals surface area (Å²) in [5, 5.41) is 2.86. The van der Waals surface area contributed by atoms with Crippen LogP contribution in [0.5, 0.6) is 0 Å². The van der Waals surface area contributed by atoms with Crippen LogP contribution in [-0.2, 0) is 9.53 Å². The number of carbonyl (C=O) groups is 1. The Morgan fingerprint density at radius 3 is 2.76 bits per heavy atom. The number of nitrogens with zero attached hydrogens (tertiary/aromatic N) is 1. The predicted molar refractivity (Wildman–Crippen MR) is 89.6 cm³/mol. The van der Waals surface area contributed by atoms with Gasteiger partial charge in [-0.3, -0.25) is 4.79 Å². The molecule has 0 fully saturated rings. The minimum atomic E-state index is -0.0442. The van der Waals surface area contributed by atoms with Gasteiger partial charge in [0.1, 0.15) is 4.99 Å². The van der Waals surface area contributed by atoms with Gasteiger partial charge in [0.2, 0.25) is 5.91 Å². The van der Waals surface area contributed by atoms with Crippen molar-refractivity contribution in [2.45, 2.75) is 12.8 Å². The molecule has 1 aromatic carbocycles. The second-order valence-corrected chi connectivity index (χ2v) is 5.30. The van der Waals surface area contributed by atoms with Crippen LogP contribution in [0.3, 0.4) is 0 Å². The van der Waals surface area contributed by atoms with Gasteiger partial charge in [-0.2, -0.15) is 0 Å². The van der Waals surface area contributed by atoms with E-state index in [2.05, 4.69) is 10.2 Å². The number of rotatable bonds is 9. The number of methoxy groups -OCH3 is 1. The summed E-state index contributed by atoms with van der Waals surface area (Å²) in [4.78, 5) is 14.4. The molecule has 6 heteroatoms. The Labute approximate surface area is 131 Å². The molecular formula is C15H23N3O2S. The fourth-order valence-electron chi connectivity index (χ4n) is 1.90. The van der Waals surface area contributed by atoms with E-state index in [9.17, 15) is 4.79 Å². The first-order chi connectivity index (χ1) is 10.0. The lowest BCUT2D eigenvalue weighted by atomic mass is 10.1. The van der Waals surface area contributed by atoms with Crippen LogP contribution >= 0.6 is 12.2 Å². The van der Waals surface area contributed by atoms with Crippen molar-refractivity contribution < 1.29 is 9.53 Å². The van der Waals surface area contributed by atoms with Crippen molar-refractivity contribution in [3.63, 3.8) is 0 Å². The Morgan fingerprint density at radius 2 is 2.10 bits per heavy atom. The van der Waals surface area contributed by atoms with Gasteiger partial charge < -0.3 is 20.7 Å². The van der Waals surface area contributed by atoms with Gasteiger partial charge >= 0.3 is 0 Å². The molecule has 0 aliphatic rings. The largest absolute Gasteiger partial charge is 0.389 e. The number of para-hydroxylation sites is 1. The highest BCUT2D eigenvalue weighted by Gasteiger charge is 2.09. The quantitative estimate of drug-likeness (QED) is 0.536. The maximum atomic E-state index is 12.0. The maximum absolute atomic E-state index is 12.0. The highest BCUT2D eigenvalue weighted by Crippen LogP contribution is 2.15. The fourth-order valence-corrected chi connectivity index (χ4v) is 2.08. The number of thiocarbonyl (C=S) groups is 1. The minimum absolute atomic E-state index is 0.0442. The van der Waals surface area contributed by atoms with Crippen LogP contribution in [0.2, 0.25) is 0 Å². The topological polar surface area (TPSA) is 67.6 Å². The lowest BCUT2D eigenvalue weighted by Crippen LogP contribution is -2.26. The molecule has 1 aromatic rings. The molecule has 0 unspecified atom stereocenters. The van der Waals surface area contributed by atoms with E-state index in [0.29, 0.717) is 24.2 Å². The average molecular weight is 309 g/mol. The van der Waals surface area contributed by atoms with Crippen LogP contribution in [-0.4, -0.2) is 49.6 Å². The third-order valence-electron chi connectivity index (χ3n) is 3.08. The molecule has 0 saturated carbocycles. The summed E-state index contributed by atoms with van der Waals surface area (Å²) in [6.45, 7) is 2.34. The van der Waals surface area contributed by atoms with Crippen LogP contribution in [0.1, 0.15) is 18.4 Å². The minimum Gasteiger partial charge on any atom is -0.389 e. The molecule has 0 bridgehead atoms. The number of carbonyl (C=O) groups excluding carboxylic acids is 1. The summed E-state index contributed by atoms with van der Waals surface area (Å²) in [5.74, 6) is -0.0442. The van der Waals surface area contributed by atoms with Gasteiger partial charge in [0, 0.05) is 38.8 Å². The summed E-state index contributed by atoms with van der Waals surface area (Å²) < 4.78 is 5.00. The smallest absolute Gasteiger partial charge is 0.225 e. The van der Waals surface area contributed by atoms with Crippen molar-refractivity contribution >= 4 is 28.8 Å².